The normalized spacial score (nSPS) is 26.9. The van der Waals surface area contributed by atoms with Gasteiger partial charge in [-0.2, -0.15) is 0 Å². The fraction of sp³-hybridized carbons (Fsp3) is 0.538. The zero-order chi connectivity index (χ0) is 11.4. The third-order valence-corrected chi connectivity index (χ3v) is 3.19. The van der Waals surface area contributed by atoms with Crippen LogP contribution in [0.4, 0.5) is 0 Å². The van der Waals surface area contributed by atoms with Crippen LogP contribution in [0.5, 0.6) is 0 Å². The molecule has 1 N–H and O–H groups in total. The summed E-state index contributed by atoms with van der Waals surface area (Å²) in [5, 5.41) is 9.39. The van der Waals surface area contributed by atoms with Gasteiger partial charge in [0, 0.05) is 13.1 Å². The molecule has 0 amide bonds. The number of ether oxygens (including phenoxy) is 1. The summed E-state index contributed by atoms with van der Waals surface area (Å²) in [7, 11) is 0. The molecule has 16 heavy (non-hydrogen) atoms. The topological polar surface area (TPSA) is 32.7 Å². The third-order valence-electron chi connectivity index (χ3n) is 3.19. The average molecular weight is 221 g/mol. The zero-order valence-electron chi connectivity index (χ0n) is 9.67. The van der Waals surface area contributed by atoms with E-state index in [4.69, 9.17) is 4.74 Å². The molecule has 3 heteroatoms. The summed E-state index contributed by atoms with van der Waals surface area (Å²) < 4.78 is 5.55. The maximum Gasteiger partial charge on any atom is 0.0725 e. The lowest BCUT2D eigenvalue weighted by Crippen LogP contribution is -2.51. The molecule has 1 aliphatic rings. The molecule has 1 heterocycles. The number of nitrogens with zero attached hydrogens (tertiary/aromatic N) is 1. The van der Waals surface area contributed by atoms with Crippen LogP contribution >= 0.6 is 0 Å². The van der Waals surface area contributed by atoms with Gasteiger partial charge in [0.2, 0.25) is 0 Å². The minimum Gasteiger partial charge on any atom is -0.395 e. The van der Waals surface area contributed by atoms with Crippen molar-refractivity contribution in [3.63, 3.8) is 0 Å². The number of morpholine rings is 1. The Morgan fingerprint density at radius 2 is 2.12 bits per heavy atom. The lowest BCUT2D eigenvalue weighted by Gasteiger charge is -2.38. The Labute approximate surface area is 96.6 Å². The van der Waals surface area contributed by atoms with Crippen LogP contribution in [0.1, 0.15) is 12.5 Å². The Morgan fingerprint density at radius 1 is 1.38 bits per heavy atom. The van der Waals surface area contributed by atoms with Gasteiger partial charge in [-0.3, -0.25) is 4.90 Å². The second-order valence-electron chi connectivity index (χ2n) is 4.28. The van der Waals surface area contributed by atoms with Crippen molar-refractivity contribution in [3.8, 4) is 0 Å². The summed E-state index contributed by atoms with van der Waals surface area (Å²) >= 11 is 0. The van der Waals surface area contributed by atoms with Gasteiger partial charge < -0.3 is 9.84 Å². The highest BCUT2D eigenvalue weighted by Gasteiger charge is 2.28. The molecule has 0 aliphatic carbocycles. The highest BCUT2D eigenvalue weighted by molar-refractivity contribution is 5.14. The molecule has 0 unspecified atom stereocenters. The van der Waals surface area contributed by atoms with E-state index in [9.17, 15) is 5.11 Å². The molecule has 2 atom stereocenters. The van der Waals surface area contributed by atoms with Gasteiger partial charge in [0.05, 0.1) is 25.4 Å². The van der Waals surface area contributed by atoms with Crippen molar-refractivity contribution >= 4 is 0 Å². The summed E-state index contributed by atoms with van der Waals surface area (Å²) in [6.07, 6.45) is 0.113. The van der Waals surface area contributed by atoms with E-state index in [1.54, 1.807) is 0 Å². The average Bonchev–Trinajstić information content (AvgIpc) is 2.31. The van der Waals surface area contributed by atoms with Crippen molar-refractivity contribution < 1.29 is 9.84 Å². The van der Waals surface area contributed by atoms with Crippen molar-refractivity contribution in [2.45, 2.75) is 25.6 Å². The fourth-order valence-corrected chi connectivity index (χ4v) is 2.21. The van der Waals surface area contributed by atoms with Crippen LogP contribution in [-0.2, 0) is 11.3 Å². The highest BCUT2D eigenvalue weighted by atomic mass is 16.5. The first-order valence-corrected chi connectivity index (χ1v) is 5.81. The van der Waals surface area contributed by atoms with Gasteiger partial charge in [0.25, 0.3) is 0 Å². The van der Waals surface area contributed by atoms with E-state index in [0.717, 1.165) is 19.7 Å². The van der Waals surface area contributed by atoms with Gasteiger partial charge in [-0.1, -0.05) is 30.3 Å². The number of aliphatic hydroxyl groups is 1. The van der Waals surface area contributed by atoms with Gasteiger partial charge in [-0.15, -0.1) is 0 Å². The van der Waals surface area contributed by atoms with Crippen LogP contribution in [-0.4, -0.2) is 41.9 Å². The molecule has 0 aromatic heterocycles. The lowest BCUT2D eigenvalue weighted by molar-refractivity contribution is -0.0804. The Balaban J connectivity index is 2.02. The molecular weight excluding hydrogens is 202 g/mol. The first kappa shape index (κ1) is 11.6. The first-order chi connectivity index (χ1) is 7.81. The molecule has 1 fully saturated rings. The SMILES string of the molecule is C[C@@H]1OCCN(Cc2ccccc2)[C@H]1CO. The monoisotopic (exact) mass is 221 g/mol. The van der Waals surface area contributed by atoms with Gasteiger partial charge in [0.1, 0.15) is 0 Å². The summed E-state index contributed by atoms with van der Waals surface area (Å²) in [6.45, 7) is 4.72. The first-order valence-electron chi connectivity index (χ1n) is 5.81. The van der Waals surface area contributed by atoms with Crippen LogP contribution in [0.2, 0.25) is 0 Å². The van der Waals surface area contributed by atoms with Gasteiger partial charge in [-0.25, -0.2) is 0 Å². The highest BCUT2D eigenvalue weighted by Crippen LogP contribution is 2.16. The number of benzene rings is 1. The minimum atomic E-state index is 0.113. The molecule has 3 nitrogen and oxygen atoms in total. The van der Waals surface area contributed by atoms with Crippen LogP contribution in [0.25, 0.3) is 0 Å². The van der Waals surface area contributed by atoms with E-state index in [1.807, 2.05) is 25.1 Å². The quantitative estimate of drug-likeness (QED) is 0.834. The van der Waals surface area contributed by atoms with Crippen molar-refractivity contribution in [1.29, 1.82) is 0 Å². The van der Waals surface area contributed by atoms with Crippen LogP contribution < -0.4 is 0 Å². The second-order valence-corrected chi connectivity index (χ2v) is 4.28. The molecule has 1 aliphatic heterocycles. The van der Waals surface area contributed by atoms with Gasteiger partial charge in [0.15, 0.2) is 0 Å². The predicted molar refractivity (Wildman–Crippen MR) is 63.1 cm³/mol. The number of hydrogen-bond donors (Lipinski definition) is 1. The van der Waals surface area contributed by atoms with Gasteiger partial charge in [-0.05, 0) is 12.5 Å². The Bertz CT molecular complexity index is 315. The second kappa shape index (κ2) is 5.43. The Morgan fingerprint density at radius 3 is 2.81 bits per heavy atom. The fourth-order valence-electron chi connectivity index (χ4n) is 2.21. The molecule has 0 saturated carbocycles. The maximum absolute atomic E-state index is 9.39. The molecule has 0 bridgehead atoms. The molecule has 0 radical (unpaired) electrons. The molecule has 2 rings (SSSR count). The van der Waals surface area contributed by atoms with Crippen LogP contribution in [0.3, 0.4) is 0 Å². The van der Waals surface area contributed by atoms with E-state index < -0.39 is 0 Å². The number of rotatable bonds is 3. The van der Waals surface area contributed by atoms with Crippen LogP contribution in [0.15, 0.2) is 30.3 Å². The van der Waals surface area contributed by atoms with Crippen LogP contribution in [0, 0.1) is 0 Å². The van der Waals surface area contributed by atoms with Gasteiger partial charge >= 0.3 is 0 Å². The smallest absolute Gasteiger partial charge is 0.0725 e. The van der Waals surface area contributed by atoms with E-state index in [0.29, 0.717) is 0 Å². The van der Waals surface area contributed by atoms with E-state index >= 15 is 0 Å². The molecular formula is C13H19NO2. The number of hydrogen-bond acceptors (Lipinski definition) is 3. The van der Waals surface area contributed by atoms with E-state index in [2.05, 4.69) is 17.0 Å². The van der Waals surface area contributed by atoms with Crippen molar-refractivity contribution in [3.05, 3.63) is 35.9 Å². The predicted octanol–water partition coefficient (Wildman–Crippen LogP) is 1.27. The van der Waals surface area contributed by atoms with Crippen molar-refractivity contribution in [1.82, 2.24) is 4.90 Å². The molecule has 0 spiro atoms. The molecule has 88 valence electrons. The Kier molecular flexibility index (Phi) is 3.93. The zero-order valence-corrected chi connectivity index (χ0v) is 9.67. The summed E-state index contributed by atoms with van der Waals surface area (Å²) in [6, 6.07) is 10.5. The molecule has 1 aromatic rings. The Hall–Kier alpha value is -0.900. The third kappa shape index (κ3) is 2.61. The van der Waals surface area contributed by atoms with Crippen molar-refractivity contribution in [2.24, 2.45) is 0 Å². The standard InChI is InChI=1S/C13H19NO2/c1-11-13(10-15)14(7-8-16-11)9-12-5-3-2-4-6-12/h2-6,11,13,15H,7-10H2,1H3/t11-,13-/m0/s1. The van der Waals surface area contributed by atoms with Crippen molar-refractivity contribution in [2.75, 3.05) is 19.8 Å². The lowest BCUT2D eigenvalue weighted by atomic mass is 10.1. The summed E-state index contributed by atoms with van der Waals surface area (Å²) in [5.74, 6) is 0. The largest absolute Gasteiger partial charge is 0.395 e. The van der Waals surface area contributed by atoms with E-state index in [1.165, 1.54) is 5.56 Å². The minimum absolute atomic E-state index is 0.113. The summed E-state index contributed by atoms with van der Waals surface area (Å²) in [4.78, 5) is 2.30. The molecule has 1 aromatic carbocycles. The molecule has 1 saturated heterocycles. The number of aliphatic hydroxyl groups excluding tert-OH is 1. The maximum atomic E-state index is 9.39. The van der Waals surface area contributed by atoms with E-state index in [-0.39, 0.29) is 18.8 Å². The summed E-state index contributed by atoms with van der Waals surface area (Å²) in [5.41, 5.74) is 1.29.